The average Bonchev–Trinajstić information content (AvgIpc) is 3.31. The van der Waals surface area contributed by atoms with Crippen molar-refractivity contribution in [3.8, 4) is 11.5 Å². The molecule has 1 N–H and O–H groups in total. The van der Waals surface area contributed by atoms with Crippen LogP contribution in [0.3, 0.4) is 0 Å². The largest absolute Gasteiger partial charge is 0.448 e. The highest BCUT2D eigenvalue weighted by Gasteiger charge is 2.37. The summed E-state index contributed by atoms with van der Waals surface area (Å²) in [5.41, 5.74) is 0.0544. The van der Waals surface area contributed by atoms with Gasteiger partial charge in [0.15, 0.2) is 27.5 Å². The van der Waals surface area contributed by atoms with Crippen LogP contribution in [0, 0.1) is 0 Å². The molecule has 1 amide bonds. The van der Waals surface area contributed by atoms with Crippen LogP contribution in [-0.2, 0) is 12.6 Å². The predicted octanol–water partition coefficient (Wildman–Crippen LogP) is 6.35. The van der Waals surface area contributed by atoms with E-state index in [1.165, 1.54) is 6.07 Å². The van der Waals surface area contributed by atoms with Gasteiger partial charge in [-0.3, -0.25) is 4.79 Å². The van der Waals surface area contributed by atoms with Crippen molar-refractivity contribution >= 4 is 49.1 Å². The van der Waals surface area contributed by atoms with Crippen LogP contribution < -0.4 is 5.32 Å². The Hall–Kier alpha value is -2.66. The first-order valence-electron chi connectivity index (χ1n) is 9.00. The first-order chi connectivity index (χ1) is 14.7. The fraction of sp³-hybridized carbons (Fsp3) is 0.150. The number of benzene rings is 1. The van der Waals surface area contributed by atoms with Gasteiger partial charge in [-0.25, -0.2) is 9.50 Å². The summed E-state index contributed by atoms with van der Waals surface area (Å²) in [6, 6.07) is 11.0. The molecule has 11 heteroatoms. The number of carbonyl (C=O) groups is 1. The number of alkyl halides is 3. The van der Waals surface area contributed by atoms with Gasteiger partial charge in [-0.15, -0.1) is 0 Å². The Bertz CT molecular complexity index is 1280. The summed E-state index contributed by atoms with van der Waals surface area (Å²) < 4.78 is 47.5. The van der Waals surface area contributed by atoms with E-state index in [9.17, 15) is 18.0 Å². The number of amides is 1. The van der Waals surface area contributed by atoms with Crippen molar-refractivity contribution in [2.75, 3.05) is 5.32 Å². The Morgan fingerprint density at radius 3 is 2.45 bits per heavy atom. The molecule has 0 radical (unpaired) electrons. The lowest BCUT2D eigenvalue weighted by atomic mass is 10.1. The standard InChI is InChI=1S/C20H13Br2F3N4O2/c1-2-10-3-5-11(6-4-10)26-19(30)17-16(22)18-27-12(13-7-8-15(21)31-13)9-14(20(23,24)25)29(18)28-17/h3-9H,2H2,1H3,(H,26,30). The van der Waals surface area contributed by atoms with Gasteiger partial charge >= 0.3 is 6.18 Å². The quantitative estimate of drug-likeness (QED) is 0.317. The van der Waals surface area contributed by atoms with Crippen LogP contribution >= 0.6 is 31.9 Å². The Morgan fingerprint density at radius 2 is 1.87 bits per heavy atom. The van der Waals surface area contributed by atoms with Crippen LogP contribution in [0.1, 0.15) is 28.7 Å². The highest BCUT2D eigenvalue weighted by atomic mass is 79.9. The number of halogens is 5. The molecule has 0 aliphatic carbocycles. The van der Waals surface area contributed by atoms with E-state index >= 15 is 0 Å². The molecule has 0 saturated carbocycles. The fourth-order valence-corrected chi connectivity index (χ4v) is 3.75. The minimum absolute atomic E-state index is 0.0353. The van der Waals surface area contributed by atoms with Crippen molar-refractivity contribution in [1.82, 2.24) is 14.6 Å². The smallest absolute Gasteiger partial charge is 0.433 e. The zero-order chi connectivity index (χ0) is 22.3. The van der Waals surface area contributed by atoms with E-state index in [4.69, 9.17) is 4.42 Å². The third-order valence-electron chi connectivity index (χ3n) is 4.48. The van der Waals surface area contributed by atoms with Crippen LogP contribution in [0.2, 0.25) is 0 Å². The minimum Gasteiger partial charge on any atom is -0.448 e. The molecule has 0 aliphatic heterocycles. The summed E-state index contributed by atoms with van der Waals surface area (Å²) >= 11 is 6.31. The van der Waals surface area contributed by atoms with Crippen molar-refractivity contribution in [3.63, 3.8) is 0 Å². The number of hydrogen-bond acceptors (Lipinski definition) is 4. The molecule has 160 valence electrons. The van der Waals surface area contributed by atoms with E-state index in [0.717, 1.165) is 18.1 Å². The number of rotatable bonds is 4. The molecule has 0 fully saturated rings. The zero-order valence-corrected chi connectivity index (χ0v) is 19.0. The summed E-state index contributed by atoms with van der Waals surface area (Å²) in [6.45, 7) is 2.00. The molecule has 4 rings (SSSR count). The molecule has 0 bridgehead atoms. The third kappa shape index (κ3) is 4.24. The lowest BCUT2D eigenvalue weighted by molar-refractivity contribution is -0.142. The van der Waals surface area contributed by atoms with Crippen LogP contribution in [0.25, 0.3) is 17.1 Å². The zero-order valence-electron chi connectivity index (χ0n) is 15.8. The average molecular weight is 558 g/mol. The number of fused-ring (bicyclic) bond motifs is 1. The normalized spacial score (nSPS) is 11.8. The highest BCUT2D eigenvalue weighted by Crippen LogP contribution is 2.35. The van der Waals surface area contributed by atoms with Crippen molar-refractivity contribution in [3.05, 3.63) is 68.6 Å². The molecule has 0 unspecified atom stereocenters. The molecule has 1 aromatic carbocycles. The van der Waals surface area contributed by atoms with Crippen LogP contribution in [0.4, 0.5) is 18.9 Å². The Kier molecular flexibility index (Phi) is 5.65. The second kappa shape index (κ2) is 8.12. The maximum Gasteiger partial charge on any atom is 0.433 e. The molecule has 31 heavy (non-hydrogen) atoms. The molecule has 0 aliphatic rings. The topological polar surface area (TPSA) is 72.4 Å². The maximum absolute atomic E-state index is 13.7. The molecular weight excluding hydrogens is 545 g/mol. The number of carbonyl (C=O) groups excluding carboxylic acids is 1. The number of anilines is 1. The number of nitrogens with one attached hydrogen (secondary N) is 1. The third-order valence-corrected chi connectivity index (χ3v) is 5.64. The van der Waals surface area contributed by atoms with E-state index in [1.54, 1.807) is 18.2 Å². The van der Waals surface area contributed by atoms with Gasteiger partial charge in [-0.05, 0) is 74.2 Å². The van der Waals surface area contributed by atoms with Gasteiger partial charge in [-0.1, -0.05) is 19.1 Å². The molecule has 0 saturated heterocycles. The fourth-order valence-electron chi connectivity index (χ4n) is 2.93. The molecule has 3 aromatic heterocycles. The van der Waals surface area contributed by atoms with Crippen LogP contribution in [0.5, 0.6) is 0 Å². The van der Waals surface area contributed by atoms with Crippen molar-refractivity contribution in [2.45, 2.75) is 19.5 Å². The Morgan fingerprint density at radius 1 is 1.16 bits per heavy atom. The summed E-state index contributed by atoms with van der Waals surface area (Å²) in [7, 11) is 0. The summed E-state index contributed by atoms with van der Waals surface area (Å²) in [5.74, 6) is -0.535. The maximum atomic E-state index is 13.7. The minimum atomic E-state index is -4.74. The van der Waals surface area contributed by atoms with Crippen LogP contribution in [-0.4, -0.2) is 20.5 Å². The second-order valence-electron chi connectivity index (χ2n) is 6.53. The number of aryl methyl sites for hydroxylation is 1. The van der Waals surface area contributed by atoms with Crippen molar-refractivity contribution in [1.29, 1.82) is 0 Å². The predicted molar refractivity (Wildman–Crippen MR) is 115 cm³/mol. The molecular formula is C20H13Br2F3N4O2. The number of nitrogens with zero attached hydrogens (tertiary/aromatic N) is 3. The number of furan rings is 1. The monoisotopic (exact) mass is 556 g/mol. The molecule has 3 heterocycles. The lowest BCUT2D eigenvalue weighted by Gasteiger charge is -2.10. The first-order valence-corrected chi connectivity index (χ1v) is 10.6. The second-order valence-corrected chi connectivity index (χ2v) is 8.11. The van der Waals surface area contributed by atoms with Gasteiger partial charge in [0.2, 0.25) is 0 Å². The van der Waals surface area contributed by atoms with Gasteiger partial charge < -0.3 is 9.73 Å². The number of hydrogen-bond donors (Lipinski definition) is 1. The van der Waals surface area contributed by atoms with Crippen molar-refractivity contribution in [2.24, 2.45) is 0 Å². The molecule has 0 spiro atoms. The van der Waals surface area contributed by atoms with Gasteiger partial charge in [0, 0.05) is 5.69 Å². The lowest BCUT2D eigenvalue weighted by Crippen LogP contribution is -2.15. The number of aromatic nitrogens is 3. The molecule has 4 aromatic rings. The van der Waals surface area contributed by atoms with E-state index < -0.39 is 17.8 Å². The summed E-state index contributed by atoms with van der Waals surface area (Å²) in [4.78, 5) is 17.0. The summed E-state index contributed by atoms with van der Waals surface area (Å²) in [6.07, 6.45) is -3.90. The van der Waals surface area contributed by atoms with Gasteiger partial charge in [0.05, 0.1) is 4.47 Å². The van der Waals surface area contributed by atoms with E-state index in [1.807, 2.05) is 19.1 Å². The van der Waals surface area contributed by atoms with Gasteiger partial charge in [-0.2, -0.15) is 18.3 Å². The SMILES string of the molecule is CCc1ccc(NC(=O)c2nn3c(C(F)(F)F)cc(-c4ccc(Br)o4)nc3c2Br)cc1. The molecule has 0 atom stereocenters. The first kappa shape index (κ1) is 21.6. The molecule has 6 nitrogen and oxygen atoms in total. The summed E-state index contributed by atoms with van der Waals surface area (Å²) in [5, 5.41) is 6.52. The van der Waals surface area contributed by atoms with E-state index in [0.29, 0.717) is 14.9 Å². The van der Waals surface area contributed by atoms with Crippen molar-refractivity contribution < 1.29 is 22.4 Å². The van der Waals surface area contributed by atoms with Gasteiger partial charge in [0.25, 0.3) is 5.91 Å². The Labute approximate surface area is 190 Å². The highest BCUT2D eigenvalue weighted by molar-refractivity contribution is 9.10. The van der Waals surface area contributed by atoms with E-state index in [2.05, 4.69) is 47.3 Å². The van der Waals surface area contributed by atoms with E-state index in [-0.39, 0.29) is 27.3 Å². The van der Waals surface area contributed by atoms with Crippen LogP contribution in [0.15, 0.2) is 56.0 Å². The van der Waals surface area contributed by atoms with Gasteiger partial charge in [0.1, 0.15) is 5.69 Å². The Balaban J connectivity index is 1.80.